The van der Waals surface area contributed by atoms with Gasteiger partial charge >= 0.3 is 0 Å². The van der Waals surface area contributed by atoms with Crippen LogP contribution in [0.5, 0.6) is 0 Å². The second-order valence-electron chi connectivity index (χ2n) is 5.70. The fourth-order valence-corrected chi connectivity index (χ4v) is 2.60. The number of rotatable bonds is 5. The smallest absolute Gasteiger partial charge is 0.150 e. The van der Waals surface area contributed by atoms with Gasteiger partial charge in [0.15, 0.2) is 11.6 Å². The normalized spacial score (nSPS) is 10.5. The summed E-state index contributed by atoms with van der Waals surface area (Å²) in [5, 5.41) is 11.5. The highest BCUT2D eigenvalue weighted by Gasteiger charge is 2.11. The number of hydrogen-bond acceptors (Lipinski definition) is 3. The summed E-state index contributed by atoms with van der Waals surface area (Å²) in [4.78, 5) is 4.19. The van der Waals surface area contributed by atoms with Crippen molar-refractivity contribution in [2.24, 2.45) is 0 Å². The van der Waals surface area contributed by atoms with Crippen LogP contribution < -0.4 is 5.32 Å². The van der Waals surface area contributed by atoms with Crippen molar-refractivity contribution in [2.45, 2.75) is 20.0 Å². The first kappa shape index (κ1) is 16.7. The van der Waals surface area contributed by atoms with E-state index in [1.54, 1.807) is 12.3 Å². The Morgan fingerprint density at radius 2 is 1.88 bits per heavy atom. The molecule has 0 radical (unpaired) electrons. The molecule has 0 saturated heterocycles. The van der Waals surface area contributed by atoms with Gasteiger partial charge in [0.2, 0.25) is 0 Å². The third-order valence-electron chi connectivity index (χ3n) is 3.91. The monoisotopic (exact) mass is 338 g/mol. The molecule has 2 aromatic carbocycles. The molecule has 0 aliphatic carbocycles. The zero-order valence-corrected chi connectivity index (χ0v) is 13.6. The minimum absolute atomic E-state index is 0.0433. The molecule has 0 atom stereocenters. The molecule has 0 bridgehead atoms. The highest BCUT2D eigenvalue weighted by Crippen LogP contribution is 2.21. The molecule has 25 heavy (non-hydrogen) atoms. The molecule has 0 spiro atoms. The van der Waals surface area contributed by atoms with Gasteiger partial charge in [-0.15, -0.1) is 0 Å². The summed E-state index contributed by atoms with van der Waals surface area (Å²) in [6.07, 6.45) is 3.65. The predicted molar refractivity (Wildman–Crippen MR) is 90.9 cm³/mol. The molecule has 1 heterocycles. The number of benzene rings is 2. The van der Waals surface area contributed by atoms with Crippen LogP contribution in [0, 0.1) is 29.9 Å². The van der Waals surface area contributed by atoms with Gasteiger partial charge in [0.25, 0.3) is 0 Å². The van der Waals surface area contributed by atoms with Gasteiger partial charge in [-0.1, -0.05) is 24.3 Å². The fraction of sp³-hybridized carbons (Fsp3) is 0.158. The summed E-state index contributed by atoms with van der Waals surface area (Å²) in [7, 11) is 0. The maximum atomic E-state index is 13.9. The first-order chi connectivity index (χ1) is 12.1. The lowest BCUT2D eigenvalue weighted by atomic mass is 10.1. The Hall–Kier alpha value is -3.20. The molecule has 0 saturated carbocycles. The van der Waals surface area contributed by atoms with Gasteiger partial charge in [-0.05, 0) is 30.2 Å². The molecule has 1 N–H and O–H groups in total. The molecular weight excluding hydrogens is 322 g/mol. The number of nitriles is 1. The van der Waals surface area contributed by atoms with E-state index in [0.29, 0.717) is 6.54 Å². The molecule has 0 aliphatic rings. The van der Waals surface area contributed by atoms with Gasteiger partial charge in [-0.3, -0.25) is 0 Å². The average Bonchev–Trinajstić information content (AvgIpc) is 2.99. The number of halogens is 2. The summed E-state index contributed by atoms with van der Waals surface area (Å²) in [6.45, 7) is 2.89. The second kappa shape index (κ2) is 7.14. The van der Waals surface area contributed by atoms with Crippen LogP contribution in [-0.2, 0) is 13.1 Å². The minimum Gasteiger partial charge on any atom is -0.376 e. The quantitative estimate of drug-likeness (QED) is 0.765. The molecule has 6 heteroatoms. The third kappa shape index (κ3) is 3.83. The Morgan fingerprint density at radius 3 is 2.52 bits per heavy atom. The highest BCUT2D eigenvalue weighted by atomic mass is 19.1. The van der Waals surface area contributed by atoms with E-state index in [2.05, 4.69) is 10.3 Å². The van der Waals surface area contributed by atoms with E-state index in [4.69, 9.17) is 5.26 Å². The maximum Gasteiger partial charge on any atom is 0.150 e. The van der Waals surface area contributed by atoms with Gasteiger partial charge in [-0.2, -0.15) is 5.26 Å². The van der Waals surface area contributed by atoms with E-state index in [-0.39, 0.29) is 17.8 Å². The summed E-state index contributed by atoms with van der Waals surface area (Å²) < 4.78 is 29.8. The van der Waals surface area contributed by atoms with E-state index < -0.39 is 11.6 Å². The molecule has 4 nitrogen and oxygen atoms in total. The number of anilines is 1. The van der Waals surface area contributed by atoms with E-state index in [0.717, 1.165) is 29.1 Å². The fourth-order valence-electron chi connectivity index (χ4n) is 2.60. The summed E-state index contributed by atoms with van der Waals surface area (Å²) in [5.41, 5.74) is 1.70. The van der Waals surface area contributed by atoms with Crippen molar-refractivity contribution in [3.8, 4) is 6.07 Å². The van der Waals surface area contributed by atoms with Crippen LogP contribution in [0.4, 0.5) is 14.5 Å². The van der Waals surface area contributed by atoms with Crippen LogP contribution in [0.25, 0.3) is 0 Å². The molecule has 0 amide bonds. The Kier molecular flexibility index (Phi) is 4.75. The van der Waals surface area contributed by atoms with Crippen molar-refractivity contribution in [1.29, 1.82) is 5.26 Å². The van der Waals surface area contributed by atoms with Crippen LogP contribution in [0.15, 0.2) is 48.8 Å². The SMILES string of the molecule is Cc1nccn1Cc1cccc(CNc2c(F)cc(C#N)cc2F)c1. The van der Waals surface area contributed by atoms with Gasteiger partial charge < -0.3 is 9.88 Å². The van der Waals surface area contributed by atoms with Gasteiger partial charge in [0.1, 0.15) is 11.5 Å². The van der Waals surface area contributed by atoms with Crippen molar-refractivity contribution in [3.05, 3.63) is 82.9 Å². The first-order valence-corrected chi connectivity index (χ1v) is 7.75. The number of nitrogens with one attached hydrogen (secondary N) is 1. The van der Waals surface area contributed by atoms with Crippen LogP contribution in [0.3, 0.4) is 0 Å². The van der Waals surface area contributed by atoms with Crippen LogP contribution >= 0.6 is 0 Å². The Bertz CT molecular complexity index is 918. The second-order valence-corrected chi connectivity index (χ2v) is 5.70. The molecule has 0 fully saturated rings. The van der Waals surface area contributed by atoms with Crippen molar-refractivity contribution >= 4 is 5.69 Å². The largest absolute Gasteiger partial charge is 0.376 e. The van der Waals surface area contributed by atoms with Gasteiger partial charge in [0.05, 0.1) is 11.6 Å². The Balaban J connectivity index is 1.73. The topological polar surface area (TPSA) is 53.6 Å². The number of aromatic nitrogens is 2. The Labute approximate surface area is 144 Å². The predicted octanol–water partition coefficient (Wildman–Crippen LogP) is 4.00. The Morgan fingerprint density at radius 1 is 1.16 bits per heavy atom. The number of aryl methyl sites for hydroxylation is 1. The number of imidazole rings is 1. The lowest BCUT2D eigenvalue weighted by molar-refractivity contribution is 0.587. The van der Waals surface area contributed by atoms with E-state index in [9.17, 15) is 8.78 Å². The van der Waals surface area contributed by atoms with E-state index >= 15 is 0 Å². The molecule has 3 aromatic rings. The summed E-state index contributed by atoms with van der Waals surface area (Å²) in [6, 6.07) is 11.5. The van der Waals surface area contributed by atoms with Gasteiger partial charge in [0, 0.05) is 25.5 Å². The molecule has 3 rings (SSSR count). The zero-order valence-electron chi connectivity index (χ0n) is 13.6. The molecule has 126 valence electrons. The lowest BCUT2D eigenvalue weighted by Gasteiger charge is -2.11. The van der Waals surface area contributed by atoms with Crippen LogP contribution in [-0.4, -0.2) is 9.55 Å². The van der Waals surface area contributed by atoms with Crippen LogP contribution in [0.1, 0.15) is 22.5 Å². The molecule has 0 aliphatic heterocycles. The molecular formula is C19H16F2N4. The molecule has 1 aromatic heterocycles. The van der Waals surface area contributed by atoms with Crippen molar-refractivity contribution in [3.63, 3.8) is 0 Å². The summed E-state index contributed by atoms with van der Waals surface area (Å²) >= 11 is 0. The third-order valence-corrected chi connectivity index (χ3v) is 3.91. The minimum atomic E-state index is -0.776. The maximum absolute atomic E-state index is 13.9. The molecule has 0 unspecified atom stereocenters. The van der Waals surface area contributed by atoms with Crippen molar-refractivity contribution < 1.29 is 8.78 Å². The first-order valence-electron chi connectivity index (χ1n) is 7.75. The summed E-state index contributed by atoms with van der Waals surface area (Å²) in [5.74, 6) is -0.631. The van der Waals surface area contributed by atoms with Crippen molar-refractivity contribution in [2.75, 3.05) is 5.32 Å². The number of hydrogen-bond donors (Lipinski definition) is 1. The van der Waals surface area contributed by atoms with E-state index in [1.807, 2.05) is 42.0 Å². The lowest BCUT2D eigenvalue weighted by Crippen LogP contribution is -2.06. The highest BCUT2D eigenvalue weighted by molar-refractivity contribution is 5.50. The number of nitrogens with zero attached hydrogens (tertiary/aromatic N) is 3. The van der Waals surface area contributed by atoms with E-state index in [1.165, 1.54) is 0 Å². The average molecular weight is 338 g/mol. The van der Waals surface area contributed by atoms with Gasteiger partial charge in [-0.25, -0.2) is 13.8 Å². The zero-order chi connectivity index (χ0) is 17.8. The van der Waals surface area contributed by atoms with Crippen LogP contribution in [0.2, 0.25) is 0 Å². The van der Waals surface area contributed by atoms with Crippen molar-refractivity contribution in [1.82, 2.24) is 9.55 Å². The standard InChI is InChI=1S/C19H16F2N4/c1-13-23-5-6-25(13)12-15-4-2-3-14(7-15)11-24-19-17(20)8-16(10-22)9-18(19)21/h2-9,24H,11-12H2,1H3.